The van der Waals surface area contributed by atoms with Crippen molar-refractivity contribution >= 4 is 28.4 Å². The third-order valence-electron chi connectivity index (χ3n) is 5.06. The van der Waals surface area contributed by atoms with Crippen LogP contribution in [-0.4, -0.2) is 22.0 Å². The van der Waals surface area contributed by atoms with Crippen molar-refractivity contribution in [2.75, 3.05) is 7.11 Å². The van der Waals surface area contributed by atoms with Crippen molar-refractivity contribution in [3.05, 3.63) is 93.3 Å². The molecule has 4 rings (SSSR count). The fraction of sp³-hybridized carbons (Fsp3) is 0.120. The lowest BCUT2D eigenvalue weighted by Crippen LogP contribution is -2.00. The Morgan fingerprint density at radius 2 is 1.97 bits per heavy atom. The summed E-state index contributed by atoms with van der Waals surface area (Å²) in [5.74, 6) is 0.888. The molecule has 0 aliphatic heterocycles. The molecule has 1 aromatic heterocycles. The first-order chi connectivity index (χ1) is 16.0. The maximum absolute atomic E-state index is 11.8. The number of benzene rings is 3. The van der Waals surface area contributed by atoms with E-state index in [0.29, 0.717) is 17.1 Å². The molecular weight excluding hydrogens is 420 g/mol. The molecule has 0 atom stereocenters. The zero-order chi connectivity index (χ0) is 23.4. The van der Waals surface area contributed by atoms with Crippen molar-refractivity contribution in [2.45, 2.75) is 13.5 Å². The lowest BCUT2D eigenvalue weighted by molar-refractivity contribution is -0.385. The van der Waals surface area contributed by atoms with E-state index in [2.05, 4.69) is 16.0 Å². The number of nitrogens with one attached hydrogen (secondary N) is 1. The highest BCUT2D eigenvalue weighted by atomic mass is 16.6. The third-order valence-corrected chi connectivity index (χ3v) is 5.06. The van der Waals surface area contributed by atoms with Crippen LogP contribution in [0.25, 0.3) is 22.7 Å². The minimum absolute atomic E-state index is 0.159. The number of fused-ring (bicyclic) bond motifs is 1. The zero-order valence-electron chi connectivity index (χ0n) is 18.0. The molecule has 3 aromatic carbocycles. The Kier molecular flexibility index (Phi) is 6.04. The Hall–Kier alpha value is -4.64. The van der Waals surface area contributed by atoms with E-state index in [1.807, 2.05) is 55.5 Å². The van der Waals surface area contributed by atoms with E-state index in [4.69, 9.17) is 9.47 Å². The van der Waals surface area contributed by atoms with E-state index >= 15 is 0 Å². The van der Waals surface area contributed by atoms with Gasteiger partial charge in [0.05, 0.1) is 40.3 Å². The number of rotatable bonds is 7. The molecule has 0 aliphatic rings. The largest absolute Gasteiger partial charge is 0.493 e. The summed E-state index contributed by atoms with van der Waals surface area (Å²) in [6, 6.07) is 20.0. The van der Waals surface area contributed by atoms with Gasteiger partial charge in [0, 0.05) is 0 Å². The van der Waals surface area contributed by atoms with Crippen molar-refractivity contribution in [1.82, 2.24) is 9.97 Å². The van der Waals surface area contributed by atoms with Crippen molar-refractivity contribution in [2.24, 2.45) is 0 Å². The molecule has 4 aromatic rings. The topological polar surface area (TPSA) is 114 Å². The van der Waals surface area contributed by atoms with Gasteiger partial charge in [-0.3, -0.25) is 10.1 Å². The SMILES string of the molecule is COc1cc(/C=C(/C#N)c2nc3ccc(C)cc3[nH]2)c([N+](=O)[O-])cc1OCc1ccccc1. The van der Waals surface area contributed by atoms with Crippen LogP contribution in [0, 0.1) is 28.4 Å². The van der Waals surface area contributed by atoms with E-state index in [9.17, 15) is 15.4 Å². The van der Waals surface area contributed by atoms with Crippen LogP contribution in [0.4, 0.5) is 5.69 Å². The van der Waals surface area contributed by atoms with Crippen LogP contribution in [0.15, 0.2) is 60.7 Å². The molecule has 8 heteroatoms. The number of H-pyrrole nitrogens is 1. The Morgan fingerprint density at radius 3 is 2.67 bits per heavy atom. The van der Waals surface area contributed by atoms with Gasteiger partial charge < -0.3 is 14.5 Å². The van der Waals surface area contributed by atoms with E-state index in [0.717, 1.165) is 16.6 Å². The quantitative estimate of drug-likeness (QED) is 0.233. The lowest BCUT2D eigenvalue weighted by atomic mass is 10.1. The Morgan fingerprint density at radius 1 is 1.18 bits per heavy atom. The number of aromatic nitrogens is 2. The first-order valence-electron chi connectivity index (χ1n) is 10.1. The summed E-state index contributed by atoms with van der Waals surface area (Å²) < 4.78 is 11.2. The maximum atomic E-state index is 11.8. The molecule has 1 N–H and O–H groups in total. The standard InChI is InChI=1S/C25H20N4O4/c1-16-8-9-20-21(10-16)28-25(27-20)19(14-26)11-18-12-23(32-2)24(13-22(18)29(30)31)33-15-17-6-4-3-5-7-17/h3-13H,15H2,1-2H3,(H,27,28)/b19-11-. The summed E-state index contributed by atoms with van der Waals surface area (Å²) in [7, 11) is 1.46. The summed E-state index contributed by atoms with van der Waals surface area (Å²) in [4.78, 5) is 18.8. The van der Waals surface area contributed by atoms with Crippen molar-refractivity contribution in [3.63, 3.8) is 0 Å². The first-order valence-corrected chi connectivity index (χ1v) is 10.1. The van der Waals surface area contributed by atoms with Gasteiger partial charge in [0.15, 0.2) is 11.5 Å². The van der Waals surface area contributed by atoms with Crippen molar-refractivity contribution < 1.29 is 14.4 Å². The highest BCUT2D eigenvalue weighted by molar-refractivity contribution is 5.92. The molecule has 0 spiro atoms. The number of hydrogen-bond acceptors (Lipinski definition) is 6. The third kappa shape index (κ3) is 4.67. The molecule has 0 bridgehead atoms. The van der Waals surface area contributed by atoms with Gasteiger partial charge >= 0.3 is 0 Å². The van der Waals surface area contributed by atoms with Crippen LogP contribution in [0.2, 0.25) is 0 Å². The van der Waals surface area contributed by atoms with Crippen LogP contribution in [0.3, 0.4) is 0 Å². The minimum Gasteiger partial charge on any atom is -0.493 e. The average Bonchev–Trinajstić information content (AvgIpc) is 3.24. The fourth-order valence-electron chi connectivity index (χ4n) is 3.41. The number of hydrogen-bond donors (Lipinski definition) is 1. The number of nitriles is 1. The van der Waals surface area contributed by atoms with Gasteiger partial charge in [-0.2, -0.15) is 5.26 Å². The highest BCUT2D eigenvalue weighted by Gasteiger charge is 2.20. The van der Waals surface area contributed by atoms with Crippen LogP contribution >= 0.6 is 0 Å². The van der Waals surface area contributed by atoms with E-state index in [-0.39, 0.29) is 29.2 Å². The predicted molar refractivity (Wildman–Crippen MR) is 125 cm³/mol. The smallest absolute Gasteiger partial charge is 0.280 e. The predicted octanol–water partition coefficient (Wildman–Crippen LogP) is 5.43. The van der Waals surface area contributed by atoms with Gasteiger partial charge in [0.1, 0.15) is 18.5 Å². The van der Waals surface area contributed by atoms with E-state index < -0.39 is 4.92 Å². The number of methoxy groups -OCH3 is 1. The Balaban J connectivity index is 1.74. The van der Waals surface area contributed by atoms with Crippen LogP contribution < -0.4 is 9.47 Å². The second-order valence-electron chi connectivity index (χ2n) is 7.37. The molecule has 0 saturated heterocycles. The number of nitro groups is 1. The number of aryl methyl sites for hydroxylation is 1. The second-order valence-corrected chi connectivity index (χ2v) is 7.37. The minimum atomic E-state index is -0.516. The van der Waals surface area contributed by atoms with Gasteiger partial charge in [0.2, 0.25) is 0 Å². The van der Waals surface area contributed by atoms with Gasteiger partial charge in [-0.1, -0.05) is 36.4 Å². The van der Waals surface area contributed by atoms with Crippen LogP contribution in [-0.2, 0) is 6.61 Å². The molecule has 0 radical (unpaired) electrons. The summed E-state index contributed by atoms with van der Waals surface area (Å²) in [5, 5.41) is 21.5. The molecule has 164 valence electrons. The molecule has 0 saturated carbocycles. The number of nitrogens with zero attached hydrogens (tertiary/aromatic N) is 3. The lowest BCUT2D eigenvalue weighted by Gasteiger charge is -2.12. The highest BCUT2D eigenvalue weighted by Crippen LogP contribution is 2.37. The maximum Gasteiger partial charge on any atom is 0.280 e. The van der Waals surface area contributed by atoms with E-state index in [1.54, 1.807) is 0 Å². The average molecular weight is 440 g/mol. The normalized spacial score (nSPS) is 11.2. The monoisotopic (exact) mass is 440 g/mol. The number of nitro benzene ring substituents is 1. The van der Waals surface area contributed by atoms with Gasteiger partial charge in [-0.15, -0.1) is 0 Å². The van der Waals surface area contributed by atoms with Crippen molar-refractivity contribution in [1.29, 1.82) is 5.26 Å². The second kappa shape index (κ2) is 9.24. The first kappa shape index (κ1) is 21.6. The molecule has 33 heavy (non-hydrogen) atoms. The van der Waals surface area contributed by atoms with Crippen LogP contribution in [0.1, 0.15) is 22.5 Å². The summed E-state index contributed by atoms with van der Waals surface area (Å²) in [6.07, 6.45) is 1.42. The number of ether oxygens (including phenoxy) is 2. The fourth-order valence-corrected chi connectivity index (χ4v) is 3.41. The molecule has 0 amide bonds. The Bertz CT molecular complexity index is 1400. The molecule has 0 aliphatic carbocycles. The van der Waals surface area contributed by atoms with Gasteiger partial charge in [-0.05, 0) is 42.3 Å². The number of allylic oxidation sites excluding steroid dienone is 1. The molecule has 0 fully saturated rings. The van der Waals surface area contributed by atoms with E-state index in [1.165, 1.54) is 25.3 Å². The number of aromatic amines is 1. The van der Waals surface area contributed by atoms with Crippen LogP contribution in [0.5, 0.6) is 11.5 Å². The van der Waals surface area contributed by atoms with Crippen molar-refractivity contribution in [3.8, 4) is 17.6 Å². The molecule has 0 unspecified atom stereocenters. The molecule has 1 heterocycles. The summed E-state index contributed by atoms with van der Waals surface area (Å²) in [5.41, 5.74) is 3.60. The summed E-state index contributed by atoms with van der Waals surface area (Å²) in [6.45, 7) is 2.18. The number of imidazole rings is 1. The van der Waals surface area contributed by atoms with Gasteiger partial charge in [-0.25, -0.2) is 4.98 Å². The summed E-state index contributed by atoms with van der Waals surface area (Å²) >= 11 is 0. The Labute approximate surface area is 189 Å². The molecular formula is C25H20N4O4. The zero-order valence-corrected chi connectivity index (χ0v) is 18.0. The van der Waals surface area contributed by atoms with Gasteiger partial charge in [0.25, 0.3) is 5.69 Å². The molecule has 8 nitrogen and oxygen atoms in total.